The fourth-order valence-electron chi connectivity index (χ4n) is 3.70. The summed E-state index contributed by atoms with van der Waals surface area (Å²) in [7, 11) is 3.87. The average Bonchev–Trinajstić information content (AvgIpc) is 3.31. The number of likely N-dealkylation sites (N-methyl/N-ethyl adjacent to an activating group) is 1. The quantitative estimate of drug-likeness (QED) is 0.487. The number of nitrogens with zero attached hydrogens (tertiary/aromatic N) is 3. The minimum absolute atomic E-state index is 0.0133. The second-order valence-corrected chi connectivity index (χ2v) is 8.55. The van der Waals surface area contributed by atoms with Gasteiger partial charge in [0.1, 0.15) is 18.0 Å². The predicted octanol–water partition coefficient (Wildman–Crippen LogP) is 4.73. The van der Waals surface area contributed by atoms with Crippen LogP contribution in [-0.4, -0.2) is 54.6 Å². The van der Waals surface area contributed by atoms with E-state index in [1.54, 1.807) is 6.07 Å². The highest BCUT2D eigenvalue weighted by molar-refractivity contribution is 6.31. The molecule has 33 heavy (non-hydrogen) atoms. The zero-order chi connectivity index (χ0) is 23.4. The van der Waals surface area contributed by atoms with E-state index in [4.69, 9.17) is 16.3 Å². The normalized spacial score (nSPS) is 16.1. The summed E-state index contributed by atoms with van der Waals surface area (Å²) in [4.78, 5) is 23.3. The van der Waals surface area contributed by atoms with Gasteiger partial charge in [-0.2, -0.15) is 0 Å². The zero-order valence-corrected chi connectivity index (χ0v) is 19.2. The summed E-state index contributed by atoms with van der Waals surface area (Å²) in [6.45, 7) is 1.94. The van der Waals surface area contributed by atoms with Crippen LogP contribution in [0.3, 0.4) is 0 Å². The first-order chi connectivity index (χ1) is 15.9. The van der Waals surface area contributed by atoms with Crippen LogP contribution in [0.2, 0.25) is 5.02 Å². The number of hydrogen-bond donors (Lipinski definition) is 2. The Morgan fingerprint density at radius 3 is 2.88 bits per heavy atom. The Balaban J connectivity index is 1.71. The summed E-state index contributed by atoms with van der Waals surface area (Å²) in [5.74, 6) is -0.0215. The first kappa shape index (κ1) is 23.1. The van der Waals surface area contributed by atoms with Crippen molar-refractivity contribution in [1.29, 1.82) is 0 Å². The number of anilines is 3. The molecule has 1 unspecified atom stereocenters. The number of ether oxygens (including phenoxy) is 1. The molecule has 172 valence electrons. The van der Waals surface area contributed by atoms with E-state index in [1.165, 1.54) is 24.5 Å². The number of fused-ring (bicyclic) bond motifs is 1. The molecule has 1 aliphatic heterocycles. The predicted molar refractivity (Wildman–Crippen MR) is 129 cm³/mol. The van der Waals surface area contributed by atoms with Crippen LogP contribution in [0, 0.1) is 5.82 Å². The topological polar surface area (TPSA) is 79.4 Å². The first-order valence-electron chi connectivity index (χ1n) is 10.6. The molecule has 4 rings (SSSR count). The lowest BCUT2D eigenvalue weighted by Crippen LogP contribution is -2.14. The van der Waals surface area contributed by atoms with Gasteiger partial charge in [0, 0.05) is 41.9 Å². The van der Waals surface area contributed by atoms with Crippen molar-refractivity contribution in [3.05, 3.63) is 65.2 Å². The molecule has 0 spiro atoms. The molecule has 1 atom stereocenters. The van der Waals surface area contributed by atoms with Crippen molar-refractivity contribution in [2.75, 3.05) is 44.5 Å². The molecule has 1 saturated heterocycles. The van der Waals surface area contributed by atoms with Gasteiger partial charge in [0.2, 0.25) is 5.91 Å². The molecular weight excluding hydrogens is 445 g/mol. The van der Waals surface area contributed by atoms with E-state index >= 15 is 0 Å². The van der Waals surface area contributed by atoms with Crippen molar-refractivity contribution >= 4 is 45.6 Å². The fraction of sp³-hybridized carbons (Fsp3) is 0.292. The molecule has 1 aliphatic rings. The lowest BCUT2D eigenvalue weighted by Gasteiger charge is -2.17. The van der Waals surface area contributed by atoms with Crippen LogP contribution in [0.5, 0.6) is 0 Å². The van der Waals surface area contributed by atoms with E-state index in [-0.39, 0.29) is 16.8 Å². The van der Waals surface area contributed by atoms with E-state index < -0.39 is 5.82 Å². The molecule has 7 nitrogen and oxygen atoms in total. The highest BCUT2D eigenvalue weighted by atomic mass is 35.5. The van der Waals surface area contributed by atoms with Gasteiger partial charge in [-0.25, -0.2) is 14.4 Å². The van der Waals surface area contributed by atoms with Gasteiger partial charge in [-0.15, -0.1) is 0 Å². The van der Waals surface area contributed by atoms with Gasteiger partial charge < -0.3 is 20.3 Å². The van der Waals surface area contributed by atoms with E-state index in [9.17, 15) is 9.18 Å². The molecule has 1 aromatic heterocycles. The summed E-state index contributed by atoms with van der Waals surface area (Å²) in [5.41, 5.74) is 2.98. The number of nitrogens with one attached hydrogen (secondary N) is 2. The van der Waals surface area contributed by atoms with Crippen molar-refractivity contribution < 1.29 is 13.9 Å². The van der Waals surface area contributed by atoms with Crippen molar-refractivity contribution in [3.8, 4) is 0 Å². The van der Waals surface area contributed by atoms with Gasteiger partial charge >= 0.3 is 0 Å². The Bertz CT molecular complexity index is 1190. The Morgan fingerprint density at radius 1 is 1.30 bits per heavy atom. The maximum Gasteiger partial charge on any atom is 0.248 e. The number of aromatic nitrogens is 2. The van der Waals surface area contributed by atoms with Crippen LogP contribution < -0.4 is 10.6 Å². The van der Waals surface area contributed by atoms with Gasteiger partial charge in [0.25, 0.3) is 0 Å². The highest BCUT2D eigenvalue weighted by Crippen LogP contribution is 2.36. The van der Waals surface area contributed by atoms with Gasteiger partial charge in [-0.1, -0.05) is 17.7 Å². The molecule has 0 bridgehead atoms. The molecular formula is C24H25ClFN5O2. The summed E-state index contributed by atoms with van der Waals surface area (Å²) in [6.07, 6.45) is 5.67. The molecule has 0 saturated carbocycles. The first-order valence-corrected chi connectivity index (χ1v) is 11.0. The smallest absolute Gasteiger partial charge is 0.248 e. The molecule has 2 N–H and O–H groups in total. The molecule has 9 heteroatoms. The molecule has 1 amide bonds. The summed E-state index contributed by atoms with van der Waals surface area (Å²) in [5, 5.41) is 6.91. The van der Waals surface area contributed by atoms with Gasteiger partial charge in [-0.05, 0) is 56.4 Å². The summed E-state index contributed by atoms with van der Waals surface area (Å²) >= 11 is 5.92. The summed E-state index contributed by atoms with van der Waals surface area (Å²) in [6, 6.07) is 8.20. The van der Waals surface area contributed by atoms with Gasteiger partial charge in [0.05, 0.1) is 17.1 Å². The number of halogens is 2. The molecule has 0 radical (unpaired) electrons. The monoisotopic (exact) mass is 469 g/mol. The Hall–Kier alpha value is -3.07. The number of hydrogen-bond acceptors (Lipinski definition) is 6. The number of amides is 1. The van der Waals surface area contributed by atoms with E-state index in [1.807, 2.05) is 37.2 Å². The minimum atomic E-state index is -0.495. The molecule has 2 aromatic carbocycles. The average molecular weight is 470 g/mol. The van der Waals surface area contributed by atoms with Gasteiger partial charge in [0.15, 0.2) is 0 Å². The third kappa shape index (κ3) is 5.65. The van der Waals surface area contributed by atoms with Crippen LogP contribution in [-0.2, 0) is 9.53 Å². The van der Waals surface area contributed by atoms with E-state index in [2.05, 4.69) is 20.6 Å². The van der Waals surface area contributed by atoms with Crippen molar-refractivity contribution in [2.24, 2.45) is 0 Å². The third-order valence-electron chi connectivity index (χ3n) is 5.36. The third-order valence-corrected chi connectivity index (χ3v) is 5.65. The second-order valence-electron chi connectivity index (χ2n) is 8.15. The highest BCUT2D eigenvalue weighted by Gasteiger charge is 2.23. The molecule has 3 aromatic rings. The van der Waals surface area contributed by atoms with Crippen molar-refractivity contribution in [3.63, 3.8) is 0 Å². The zero-order valence-electron chi connectivity index (χ0n) is 18.4. The molecule has 0 aliphatic carbocycles. The minimum Gasteiger partial charge on any atom is -0.381 e. The van der Waals surface area contributed by atoms with Gasteiger partial charge in [-0.3, -0.25) is 4.79 Å². The van der Waals surface area contributed by atoms with Crippen LogP contribution in [0.25, 0.3) is 10.9 Å². The number of carbonyl (C=O) groups excluding carboxylic acids is 1. The van der Waals surface area contributed by atoms with Crippen LogP contribution in [0.15, 0.2) is 48.8 Å². The van der Waals surface area contributed by atoms with Crippen molar-refractivity contribution in [1.82, 2.24) is 14.9 Å². The Morgan fingerprint density at radius 2 is 2.15 bits per heavy atom. The lowest BCUT2D eigenvalue weighted by atomic mass is 9.95. The number of benzene rings is 2. The van der Waals surface area contributed by atoms with Crippen molar-refractivity contribution in [2.45, 2.75) is 12.3 Å². The van der Waals surface area contributed by atoms with Crippen LogP contribution in [0.1, 0.15) is 17.9 Å². The standard InChI is InChI=1S/C24H25ClFN5O2/c1-31(2)8-3-4-23(32)30-22-12-18-21(11-17(22)15-7-9-33-13-15)27-14-28-24(18)29-16-5-6-20(26)19(25)10-16/h3-6,10-12,14-15H,7-9,13H2,1-2H3,(H,30,32)(H,27,28,29)/b4-3+. The SMILES string of the molecule is CN(C)C/C=C/C(=O)Nc1cc2c(Nc3ccc(F)c(Cl)c3)ncnc2cc1C1CCOC1. The fourth-order valence-corrected chi connectivity index (χ4v) is 3.88. The lowest BCUT2D eigenvalue weighted by molar-refractivity contribution is -0.111. The van der Waals surface area contributed by atoms with Crippen LogP contribution in [0.4, 0.5) is 21.6 Å². The number of carbonyl (C=O) groups is 1. The molecule has 1 fully saturated rings. The summed E-state index contributed by atoms with van der Waals surface area (Å²) < 4.78 is 19.1. The second kappa shape index (κ2) is 10.2. The number of rotatable bonds is 7. The maximum atomic E-state index is 13.5. The molecule has 2 heterocycles. The Labute approximate surface area is 196 Å². The van der Waals surface area contributed by atoms with Crippen LogP contribution >= 0.6 is 11.6 Å². The Kier molecular flexibility index (Phi) is 7.17. The van der Waals surface area contributed by atoms with E-state index in [0.29, 0.717) is 42.3 Å². The largest absolute Gasteiger partial charge is 0.381 e. The van der Waals surface area contributed by atoms with E-state index in [0.717, 1.165) is 17.5 Å². The maximum absolute atomic E-state index is 13.5.